The molecule has 0 spiro atoms. The van der Waals surface area contributed by atoms with Crippen molar-refractivity contribution in [2.45, 2.75) is 27.2 Å². The van der Waals surface area contributed by atoms with Crippen LogP contribution in [0.2, 0.25) is 0 Å². The average molecular weight is 228 g/mol. The molecule has 0 radical (unpaired) electrons. The van der Waals surface area contributed by atoms with Crippen molar-refractivity contribution in [2.24, 2.45) is 11.8 Å². The van der Waals surface area contributed by atoms with Gasteiger partial charge in [-0.2, -0.15) is 0 Å². The molecule has 1 aliphatic rings. The molecule has 0 aromatic heterocycles. The van der Waals surface area contributed by atoms with Gasteiger partial charge in [-0.15, -0.1) is 0 Å². The fourth-order valence-electron chi connectivity index (χ4n) is 2.24. The van der Waals surface area contributed by atoms with E-state index in [9.17, 15) is 0 Å². The first kappa shape index (κ1) is 13.9. The van der Waals surface area contributed by atoms with Gasteiger partial charge in [0.25, 0.3) is 0 Å². The van der Waals surface area contributed by atoms with Crippen molar-refractivity contribution >= 4 is 0 Å². The number of hydrogen-bond donors (Lipinski definition) is 1. The molecular weight excluding hydrogens is 200 g/mol. The smallest absolute Gasteiger partial charge is 0.0477 e. The van der Waals surface area contributed by atoms with Crippen LogP contribution in [0.5, 0.6) is 0 Å². The zero-order valence-corrected chi connectivity index (χ0v) is 11.2. The second kappa shape index (κ2) is 8.04. The molecule has 1 aliphatic heterocycles. The molecule has 1 rings (SSSR count). The fourth-order valence-corrected chi connectivity index (χ4v) is 2.24. The maximum Gasteiger partial charge on any atom is 0.0477 e. The monoisotopic (exact) mass is 228 g/mol. The van der Waals surface area contributed by atoms with Crippen LogP contribution in [0.4, 0.5) is 0 Å². The van der Waals surface area contributed by atoms with E-state index in [0.717, 1.165) is 44.6 Å². The van der Waals surface area contributed by atoms with Crippen molar-refractivity contribution < 1.29 is 4.74 Å². The Morgan fingerprint density at radius 1 is 1.19 bits per heavy atom. The summed E-state index contributed by atoms with van der Waals surface area (Å²) < 4.78 is 5.29. The molecule has 1 saturated heterocycles. The van der Waals surface area contributed by atoms with Gasteiger partial charge >= 0.3 is 0 Å². The summed E-state index contributed by atoms with van der Waals surface area (Å²) in [5, 5.41) is 3.48. The average Bonchev–Trinajstić information content (AvgIpc) is 2.57. The number of nitrogens with one attached hydrogen (secondary N) is 1. The van der Waals surface area contributed by atoms with E-state index in [-0.39, 0.29) is 0 Å². The molecule has 3 heteroatoms. The lowest BCUT2D eigenvalue weighted by Gasteiger charge is -2.15. The zero-order valence-electron chi connectivity index (χ0n) is 11.2. The lowest BCUT2D eigenvalue weighted by molar-refractivity contribution is 0.144. The van der Waals surface area contributed by atoms with Crippen LogP contribution in [0.15, 0.2) is 0 Å². The third-order valence-electron chi connectivity index (χ3n) is 3.51. The van der Waals surface area contributed by atoms with Crippen LogP contribution in [0.3, 0.4) is 0 Å². The van der Waals surface area contributed by atoms with Gasteiger partial charge in [0.1, 0.15) is 0 Å². The van der Waals surface area contributed by atoms with Gasteiger partial charge in [-0.05, 0) is 31.7 Å². The van der Waals surface area contributed by atoms with E-state index >= 15 is 0 Å². The summed E-state index contributed by atoms with van der Waals surface area (Å²) in [5.41, 5.74) is 0. The van der Waals surface area contributed by atoms with Gasteiger partial charge in [0.2, 0.25) is 0 Å². The Morgan fingerprint density at radius 3 is 2.50 bits per heavy atom. The van der Waals surface area contributed by atoms with Crippen LogP contribution in [-0.4, -0.2) is 50.8 Å². The second-order valence-corrected chi connectivity index (χ2v) is 5.01. The zero-order chi connectivity index (χ0) is 11.8. The highest BCUT2D eigenvalue weighted by atomic mass is 16.5. The summed E-state index contributed by atoms with van der Waals surface area (Å²) in [4.78, 5) is 2.57. The van der Waals surface area contributed by atoms with Crippen molar-refractivity contribution in [3.63, 3.8) is 0 Å². The van der Waals surface area contributed by atoms with Gasteiger partial charge in [0.15, 0.2) is 0 Å². The van der Waals surface area contributed by atoms with Crippen molar-refractivity contribution in [2.75, 3.05) is 45.9 Å². The largest absolute Gasteiger partial charge is 0.382 e. The van der Waals surface area contributed by atoms with Gasteiger partial charge in [-0.25, -0.2) is 0 Å². The lowest BCUT2D eigenvalue weighted by Crippen LogP contribution is -2.31. The van der Waals surface area contributed by atoms with E-state index in [1.54, 1.807) is 0 Å². The molecule has 1 N–H and O–H groups in total. The first-order valence-corrected chi connectivity index (χ1v) is 6.74. The van der Waals surface area contributed by atoms with Gasteiger partial charge in [0.05, 0.1) is 0 Å². The van der Waals surface area contributed by atoms with Gasteiger partial charge in [-0.3, -0.25) is 0 Å². The standard InChI is InChI=1S/C13H28N2O/c1-4-16-9-5-6-14-7-8-15-10-12(2)13(3)11-15/h12-14H,4-11H2,1-3H3. The van der Waals surface area contributed by atoms with E-state index < -0.39 is 0 Å². The molecule has 1 fully saturated rings. The van der Waals surface area contributed by atoms with Crippen LogP contribution in [0.25, 0.3) is 0 Å². The molecule has 0 aromatic rings. The van der Waals surface area contributed by atoms with Crippen LogP contribution >= 0.6 is 0 Å². The summed E-state index contributed by atoms with van der Waals surface area (Å²) in [6.07, 6.45) is 1.13. The molecule has 0 saturated carbocycles. The van der Waals surface area contributed by atoms with E-state index in [1.807, 2.05) is 6.92 Å². The number of nitrogens with zero attached hydrogens (tertiary/aromatic N) is 1. The van der Waals surface area contributed by atoms with Gasteiger partial charge in [0, 0.05) is 39.4 Å². The molecule has 96 valence electrons. The second-order valence-electron chi connectivity index (χ2n) is 5.01. The molecule has 2 atom stereocenters. The number of likely N-dealkylation sites (tertiary alicyclic amines) is 1. The van der Waals surface area contributed by atoms with E-state index in [0.29, 0.717) is 0 Å². The summed E-state index contributed by atoms with van der Waals surface area (Å²) in [7, 11) is 0. The van der Waals surface area contributed by atoms with Crippen LogP contribution in [0.1, 0.15) is 27.2 Å². The van der Waals surface area contributed by atoms with Gasteiger partial charge < -0.3 is 15.0 Å². The summed E-state index contributed by atoms with van der Waals surface area (Å²) in [5.74, 6) is 1.75. The Morgan fingerprint density at radius 2 is 1.88 bits per heavy atom. The minimum Gasteiger partial charge on any atom is -0.382 e. The summed E-state index contributed by atoms with van der Waals surface area (Å²) in [6, 6.07) is 0. The number of ether oxygens (including phenoxy) is 1. The van der Waals surface area contributed by atoms with E-state index in [1.165, 1.54) is 19.6 Å². The van der Waals surface area contributed by atoms with E-state index in [4.69, 9.17) is 4.74 Å². The normalized spacial score (nSPS) is 26.4. The SMILES string of the molecule is CCOCCCNCCN1CC(C)C(C)C1. The maximum atomic E-state index is 5.29. The summed E-state index contributed by atoms with van der Waals surface area (Å²) in [6.45, 7) is 14.5. The molecular formula is C13H28N2O. The Hall–Kier alpha value is -0.120. The van der Waals surface area contributed by atoms with Crippen molar-refractivity contribution in [1.82, 2.24) is 10.2 Å². The quantitative estimate of drug-likeness (QED) is 0.639. The first-order chi connectivity index (χ1) is 7.74. The van der Waals surface area contributed by atoms with Crippen LogP contribution in [-0.2, 0) is 4.74 Å². The Kier molecular flexibility index (Phi) is 7.01. The minimum atomic E-state index is 0.837. The van der Waals surface area contributed by atoms with Crippen LogP contribution in [0, 0.1) is 11.8 Å². The van der Waals surface area contributed by atoms with Crippen molar-refractivity contribution in [3.05, 3.63) is 0 Å². The van der Waals surface area contributed by atoms with Crippen molar-refractivity contribution in [3.8, 4) is 0 Å². The predicted molar refractivity (Wildman–Crippen MR) is 68.7 cm³/mol. The van der Waals surface area contributed by atoms with E-state index in [2.05, 4.69) is 24.1 Å². The minimum absolute atomic E-state index is 0.837. The Balaban J connectivity index is 1.88. The third-order valence-corrected chi connectivity index (χ3v) is 3.51. The summed E-state index contributed by atoms with van der Waals surface area (Å²) >= 11 is 0. The maximum absolute atomic E-state index is 5.29. The molecule has 0 amide bonds. The molecule has 16 heavy (non-hydrogen) atoms. The lowest BCUT2D eigenvalue weighted by atomic mass is 10.0. The Bertz CT molecular complexity index is 165. The number of hydrogen-bond acceptors (Lipinski definition) is 3. The predicted octanol–water partition coefficient (Wildman–Crippen LogP) is 1.59. The highest BCUT2D eigenvalue weighted by Gasteiger charge is 2.24. The molecule has 3 nitrogen and oxygen atoms in total. The topological polar surface area (TPSA) is 24.5 Å². The van der Waals surface area contributed by atoms with Crippen molar-refractivity contribution in [1.29, 1.82) is 0 Å². The van der Waals surface area contributed by atoms with Crippen LogP contribution < -0.4 is 5.32 Å². The molecule has 0 aliphatic carbocycles. The highest BCUT2D eigenvalue weighted by molar-refractivity contribution is 4.78. The highest BCUT2D eigenvalue weighted by Crippen LogP contribution is 2.21. The fraction of sp³-hybridized carbons (Fsp3) is 1.00. The molecule has 1 heterocycles. The molecule has 0 aromatic carbocycles. The molecule has 2 unspecified atom stereocenters. The third kappa shape index (κ3) is 5.28. The first-order valence-electron chi connectivity index (χ1n) is 6.74. The Labute approximate surface area is 101 Å². The molecule has 0 bridgehead atoms. The van der Waals surface area contributed by atoms with Gasteiger partial charge in [-0.1, -0.05) is 13.8 Å². The number of rotatable bonds is 8.